The number of ether oxygens (including phenoxy) is 1. The lowest BCUT2D eigenvalue weighted by molar-refractivity contribution is -0.114. The van der Waals surface area contributed by atoms with Crippen LogP contribution in [0.25, 0.3) is 0 Å². The van der Waals surface area contributed by atoms with Crippen molar-refractivity contribution in [1.29, 1.82) is 0 Å². The summed E-state index contributed by atoms with van der Waals surface area (Å²) in [7, 11) is -4.04. The second-order valence-electron chi connectivity index (χ2n) is 8.01. The first-order valence-corrected chi connectivity index (χ1v) is 12.8. The summed E-state index contributed by atoms with van der Waals surface area (Å²) in [6.07, 6.45) is 0. The van der Waals surface area contributed by atoms with Crippen molar-refractivity contribution in [1.82, 2.24) is 0 Å². The Kier molecular flexibility index (Phi) is 8.19. The van der Waals surface area contributed by atoms with E-state index in [1.54, 1.807) is 31.2 Å². The molecule has 0 fully saturated rings. The monoisotopic (exact) mass is 514 g/mol. The topological polar surface area (TPSA) is 92.8 Å². The molecule has 0 saturated carbocycles. The maximum Gasteiger partial charge on any atom is 0.339 e. The lowest BCUT2D eigenvalue weighted by Gasteiger charge is -2.26. The quantitative estimate of drug-likeness (QED) is 0.413. The second kappa shape index (κ2) is 10.9. The Morgan fingerprint density at radius 1 is 1.00 bits per heavy atom. The van der Waals surface area contributed by atoms with E-state index in [0.717, 1.165) is 21.0 Å². The number of halogens is 1. The third-order valence-electron chi connectivity index (χ3n) is 5.49. The molecular weight excluding hydrogens is 488 g/mol. The van der Waals surface area contributed by atoms with Crippen molar-refractivity contribution in [3.63, 3.8) is 0 Å². The highest BCUT2D eigenvalue weighted by Gasteiger charge is 2.28. The Bertz CT molecular complexity index is 1350. The molecule has 3 rings (SSSR count). The fourth-order valence-electron chi connectivity index (χ4n) is 3.44. The number of esters is 1. The summed E-state index contributed by atoms with van der Waals surface area (Å²) in [5.74, 6) is -1.14. The van der Waals surface area contributed by atoms with Crippen molar-refractivity contribution in [2.24, 2.45) is 0 Å². The first-order chi connectivity index (χ1) is 16.5. The van der Waals surface area contributed by atoms with Gasteiger partial charge in [-0.05, 0) is 75.2 Å². The van der Waals surface area contributed by atoms with Crippen LogP contribution in [0.2, 0.25) is 5.02 Å². The molecule has 0 aromatic heterocycles. The van der Waals surface area contributed by atoms with Crippen molar-refractivity contribution in [3.05, 3.63) is 87.9 Å². The van der Waals surface area contributed by atoms with E-state index in [4.69, 9.17) is 16.3 Å². The minimum atomic E-state index is -4.04. The van der Waals surface area contributed by atoms with E-state index in [-0.39, 0.29) is 22.1 Å². The molecule has 7 nitrogen and oxygen atoms in total. The third-order valence-corrected chi connectivity index (χ3v) is 7.58. The van der Waals surface area contributed by atoms with Gasteiger partial charge in [0.1, 0.15) is 6.54 Å². The number of carbonyl (C=O) groups is 2. The summed E-state index contributed by atoms with van der Waals surface area (Å²) in [5, 5.41) is 2.78. The zero-order valence-corrected chi connectivity index (χ0v) is 21.5. The molecule has 3 aromatic rings. The Hall–Kier alpha value is -3.36. The molecule has 35 heavy (non-hydrogen) atoms. The van der Waals surface area contributed by atoms with Crippen molar-refractivity contribution in [2.75, 3.05) is 22.8 Å². The van der Waals surface area contributed by atoms with E-state index in [0.29, 0.717) is 11.4 Å². The summed E-state index contributed by atoms with van der Waals surface area (Å²) >= 11 is 6.19. The van der Waals surface area contributed by atoms with E-state index < -0.39 is 28.4 Å². The number of carbonyl (C=O) groups excluding carboxylic acids is 2. The second-order valence-corrected chi connectivity index (χ2v) is 10.3. The average molecular weight is 515 g/mol. The normalized spacial score (nSPS) is 11.1. The molecule has 0 atom stereocenters. The number of benzene rings is 3. The number of aryl methyl sites for hydroxylation is 2. The van der Waals surface area contributed by atoms with Crippen molar-refractivity contribution < 1.29 is 22.7 Å². The van der Waals surface area contributed by atoms with Crippen LogP contribution in [0.1, 0.15) is 34.0 Å². The zero-order valence-electron chi connectivity index (χ0n) is 20.0. The molecule has 0 aliphatic rings. The van der Waals surface area contributed by atoms with Crippen LogP contribution < -0.4 is 9.62 Å². The van der Waals surface area contributed by atoms with Gasteiger partial charge in [0.15, 0.2) is 0 Å². The Balaban J connectivity index is 1.93. The van der Waals surface area contributed by atoms with Gasteiger partial charge in [0.2, 0.25) is 5.91 Å². The maximum absolute atomic E-state index is 13.6. The SMILES string of the molecule is CCOC(=O)c1ccc(NC(=O)CN(c2cccc(C)c2C)S(=O)(=O)c2ccc(C)cc2)cc1Cl. The lowest BCUT2D eigenvalue weighted by atomic mass is 10.1. The van der Waals surface area contributed by atoms with Gasteiger partial charge in [0.05, 0.1) is 27.8 Å². The van der Waals surface area contributed by atoms with Gasteiger partial charge in [-0.25, -0.2) is 13.2 Å². The summed E-state index contributed by atoms with van der Waals surface area (Å²) in [6, 6.07) is 16.1. The predicted octanol–water partition coefficient (Wildman–Crippen LogP) is 5.28. The molecule has 0 spiro atoms. The fourth-order valence-corrected chi connectivity index (χ4v) is 5.18. The van der Waals surface area contributed by atoms with Crippen LogP contribution in [0.4, 0.5) is 11.4 Å². The van der Waals surface area contributed by atoms with E-state index in [1.807, 2.05) is 26.8 Å². The number of rotatable bonds is 8. The fraction of sp³-hybridized carbons (Fsp3) is 0.231. The molecule has 1 amide bonds. The number of nitrogens with zero attached hydrogens (tertiary/aromatic N) is 1. The number of sulfonamides is 1. The Labute approximate surface area is 210 Å². The molecule has 0 heterocycles. The first kappa shape index (κ1) is 26.2. The molecule has 0 aliphatic carbocycles. The number of amides is 1. The number of hydrogen-bond acceptors (Lipinski definition) is 5. The molecular formula is C26H27ClN2O5S. The predicted molar refractivity (Wildman–Crippen MR) is 138 cm³/mol. The van der Waals surface area contributed by atoms with Crippen LogP contribution in [0.15, 0.2) is 65.6 Å². The lowest BCUT2D eigenvalue weighted by Crippen LogP contribution is -2.38. The molecule has 0 unspecified atom stereocenters. The molecule has 3 aromatic carbocycles. The van der Waals surface area contributed by atoms with E-state index in [1.165, 1.54) is 30.3 Å². The van der Waals surface area contributed by atoms with Gasteiger partial charge in [-0.1, -0.05) is 41.4 Å². The van der Waals surface area contributed by atoms with Crippen LogP contribution in [-0.2, 0) is 19.6 Å². The van der Waals surface area contributed by atoms with Crippen molar-refractivity contribution >= 4 is 44.9 Å². The molecule has 184 valence electrons. The number of nitrogens with one attached hydrogen (secondary N) is 1. The van der Waals surface area contributed by atoms with Gasteiger partial charge in [-0.2, -0.15) is 0 Å². The van der Waals surface area contributed by atoms with Crippen LogP contribution in [-0.4, -0.2) is 33.4 Å². The zero-order chi connectivity index (χ0) is 25.8. The molecule has 1 N–H and O–H groups in total. The smallest absolute Gasteiger partial charge is 0.339 e. The maximum atomic E-state index is 13.6. The summed E-state index contributed by atoms with van der Waals surface area (Å²) in [4.78, 5) is 25.0. The van der Waals surface area contributed by atoms with E-state index in [2.05, 4.69) is 5.32 Å². The molecule has 9 heteroatoms. The van der Waals surface area contributed by atoms with Gasteiger partial charge in [0.25, 0.3) is 10.0 Å². The van der Waals surface area contributed by atoms with Crippen LogP contribution in [0.5, 0.6) is 0 Å². The van der Waals surface area contributed by atoms with E-state index >= 15 is 0 Å². The molecule has 0 bridgehead atoms. The summed E-state index contributed by atoms with van der Waals surface area (Å²) in [5.41, 5.74) is 3.47. The standard InChI is InChI=1S/C26H27ClN2O5S/c1-5-34-26(31)22-14-11-20(15-23(22)27)28-25(30)16-29(24-8-6-7-18(3)19(24)4)35(32,33)21-12-9-17(2)10-13-21/h6-15H,5,16H2,1-4H3,(H,28,30). The summed E-state index contributed by atoms with van der Waals surface area (Å²) in [6.45, 7) is 6.99. The van der Waals surface area contributed by atoms with Crippen LogP contribution in [0.3, 0.4) is 0 Å². The Morgan fingerprint density at radius 3 is 2.31 bits per heavy atom. The van der Waals surface area contributed by atoms with Crippen LogP contribution >= 0.6 is 11.6 Å². The van der Waals surface area contributed by atoms with Crippen molar-refractivity contribution in [3.8, 4) is 0 Å². The molecule has 0 radical (unpaired) electrons. The Morgan fingerprint density at radius 2 is 1.69 bits per heavy atom. The molecule has 0 aliphatic heterocycles. The first-order valence-electron chi connectivity index (χ1n) is 11.0. The number of hydrogen-bond donors (Lipinski definition) is 1. The highest BCUT2D eigenvalue weighted by molar-refractivity contribution is 7.92. The third kappa shape index (κ3) is 6.01. The van der Waals surface area contributed by atoms with Gasteiger partial charge in [-0.3, -0.25) is 9.10 Å². The highest BCUT2D eigenvalue weighted by Crippen LogP contribution is 2.29. The number of anilines is 2. The largest absolute Gasteiger partial charge is 0.462 e. The van der Waals surface area contributed by atoms with Gasteiger partial charge < -0.3 is 10.1 Å². The summed E-state index contributed by atoms with van der Waals surface area (Å²) < 4.78 is 33.3. The van der Waals surface area contributed by atoms with Gasteiger partial charge in [-0.15, -0.1) is 0 Å². The average Bonchev–Trinajstić information content (AvgIpc) is 2.80. The molecule has 0 saturated heterocycles. The van der Waals surface area contributed by atoms with Gasteiger partial charge in [0, 0.05) is 5.69 Å². The minimum absolute atomic E-state index is 0.0821. The van der Waals surface area contributed by atoms with E-state index in [9.17, 15) is 18.0 Å². The van der Waals surface area contributed by atoms with Crippen molar-refractivity contribution in [2.45, 2.75) is 32.6 Å². The highest BCUT2D eigenvalue weighted by atomic mass is 35.5. The van der Waals surface area contributed by atoms with Crippen LogP contribution in [0, 0.1) is 20.8 Å². The van der Waals surface area contributed by atoms with Gasteiger partial charge >= 0.3 is 5.97 Å². The minimum Gasteiger partial charge on any atom is -0.462 e.